The van der Waals surface area contributed by atoms with E-state index < -0.39 is 6.16 Å². The van der Waals surface area contributed by atoms with E-state index in [2.05, 4.69) is 10.1 Å². The van der Waals surface area contributed by atoms with Gasteiger partial charge in [-0.25, -0.2) is 4.79 Å². The molecule has 1 saturated heterocycles. The summed E-state index contributed by atoms with van der Waals surface area (Å²) in [6.45, 7) is 0. The minimum absolute atomic E-state index is 0.252. The smallest absolute Gasteiger partial charge is 0.450 e. The summed E-state index contributed by atoms with van der Waals surface area (Å²) in [4.78, 5) is 10.2. The van der Waals surface area contributed by atoms with Gasteiger partial charge in [-0.3, -0.25) is 5.32 Å². The topological polar surface area (TPSA) is 58.6 Å². The molecule has 4 heteroatoms. The maximum absolute atomic E-state index is 10.2. The van der Waals surface area contributed by atoms with E-state index in [-0.39, 0.29) is 6.23 Å². The fraction of sp³-hybridized carbons (Fsp3) is 0.875. The van der Waals surface area contributed by atoms with Crippen molar-refractivity contribution in [3.63, 3.8) is 0 Å². The van der Waals surface area contributed by atoms with Crippen LogP contribution in [-0.4, -0.2) is 23.5 Å². The Labute approximate surface area is 70.9 Å². The van der Waals surface area contributed by atoms with Gasteiger partial charge in [0.1, 0.15) is 0 Å². The molecular formula is C8H13NO3. The van der Waals surface area contributed by atoms with Crippen LogP contribution in [0.25, 0.3) is 0 Å². The molecule has 0 radical (unpaired) electrons. The molecule has 1 aliphatic heterocycles. The van der Waals surface area contributed by atoms with Crippen molar-refractivity contribution in [1.82, 2.24) is 5.32 Å². The molecule has 3 unspecified atom stereocenters. The molecule has 1 heterocycles. The fourth-order valence-corrected chi connectivity index (χ4v) is 2.32. The highest BCUT2D eigenvalue weighted by Crippen LogP contribution is 2.34. The molecule has 4 nitrogen and oxygen atoms in total. The molecule has 0 aromatic carbocycles. The first-order valence-corrected chi connectivity index (χ1v) is 4.41. The molecule has 0 amide bonds. The molecule has 2 fully saturated rings. The molecule has 12 heavy (non-hydrogen) atoms. The van der Waals surface area contributed by atoms with Gasteiger partial charge in [0.25, 0.3) is 0 Å². The molecule has 1 aliphatic carbocycles. The Hall–Kier alpha value is -0.770. The predicted molar refractivity (Wildman–Crippen MR) is 41.8 cm³/mol. The highest BCUT2D eigenvalue weighted by molar-refractivity contribution is 5.57. The zero-order valence-electron chi connectivity index (χ0n) is 6.82. The lowest BCUT2D eigenvalue weighted by Crippen LogP contribution is -2.32. The number of hydrogen-bond donors (Lipinski definition) is 2. The van der Waals surface area contributed by atoms with Crippen molar-refractivity contribution in [2.45, 2.75) is 38.0 Å². The number of rotatable bonds is 1. The van der Waals surface area contributed by atoms with Gasteiger partial charge < -0.3 is 9.84 Å². The number of carboxylic acid groups (broad SMARTS) is 1. The lowest BCUT2D eigenvalue weighted by Gasteiger charge is -2.10. The number of ether oxygens (including phenoxy) is 1. The Kier molecular flexibility index (Phi) is 1.92. The molecule has 0 bridgehead atoms. The standard InChI is InChI=1S/C8H13NO3/c10-8(11)12-7-4-5-2-1-3-6(5)9-7/h5-7,9H,1-4H2,(H,10,11). The summed E-state index contributed by atoms with van der Waals surface area (Å²) in [5.41, 5.74) is 0. The van der Waals surface area contributed by atoms with Crippen molar-refractivity contribution in [3.8, 4) is 0 Å². The fourth-order valence-electron chi connectivity index (χ4n) is 2.32. The lowest BCUT2D eigenvalue weighted by atomic mass is 10.0. The second-order valence-electron chi connectivity index (χ2n) is 3.57. The monoisotopic (exact) mass is 171 g/mol. The third-order valence-electron chi connectivity index (χ3n) is 2.82. The predicted octanol–water partition coefficient (Wildman–Crippen LogP) is 1.17. The van der Waals surface area contributed by atoms with Crippen LogP contribution in [0.5, 0.6) is 0 Å². The van der Waals surface area contributed by atoms with Crippen LogP contribution in [0.15, 0.2) is 0 Å². The van der Waals surface area contributed by atoms with Crippen molar-refractivity contribution in [2.75, 3.05) is 0 Å². The van der Waals surface area contributed by atoms with E-state index in [1.807, 2.05) is 0 Å². The van der Waals surface area contributed by atoms with Crippen molar-refractivity contribution < 1.29 is 14.6 Å². The summed E-state index contributed by atoms with van der Waals surface area (Å²) in [6.07, 6.45) is 3.09. The summed E-state index contributed by atoms with van der Waals surface area (Å²) in [6, 6.07) is 0.509. The van der Waals surface area contributed by atoms with Crippen LogP contribution in [0, 0.1) is 5.92 Å². The van der Waals surface area contributed by atoms with Gasteiger partial charge in [-0.2, -0.15) is 0 Å². The van der Waals surface area contributed by atoms with Crippen LogP contribution in [-0.2, 0) is 4.74 Å². The second-order valence-corrected chi connectivity index (χ2v) is 3.57. The summed E-state index contributed by atoms with van der Waals surface area (Å²) in [5, 5.41) is 11.6. The summed E-state index contributed by atoms with van der Waals surface area (Å²) < 4.78 is 4.65. The molecule has 0 aromatic heterocycles. The first-order valence-electron chi connectivity index (χ1n) is 4.41. The molecule has 1 saturated carbocycles. The molecule has 0 aromatic rings. The first-order chi connectivity index (χ1) is 5.75. The van der Waals surface area contributed by atoms with Crippen molar-refractivity contribution in [1.29, 1.82) is 0 Å². The largest absolute Gasteiger partial charge is 0.507 e. The Morgan fingerprint density at radius 3 is 3.00 bits per heavy atom. The quantitative estimate of drug-likeness (QED) is 0.581. The Balaban J connectivity index is 1.86. The van der Waals surface area contributed by atoms with Crippen LogP contribution in [0.2, 0.25) is 0 Å². The van der Waals surface area contributed by atoms with Gasteiger partial charge in [0.2, 0.25) is 0 Å². The normalized spacial score (nSPS) is 39.5. The van der Waals surface area contributed by atoms with E-state index in [4.69, 9.17) is 5.11 Å². The molecule has 3 atom stereocenters. The van der Waals surface area contributed by atoms with Gasteiger partial charge in [-0.05, 0) is 18.8 Å². The van der Waals surface area contributed by atoms with Gasteiger partial charge in [0.05, 0.1) is 0 Å². The third kappa shape index (κ3) is 1.39. The lowest BCUT2D eigenvalue weighted by molar-refractivity contribution is 0.0420. The van der Waals surface area contributed by atoms with Crippen molar-refractivity contribution in [3.05, 3.63) is 0 Å². The van der Waals surface area contributed by atoms with Gasteiger partial charge in [-0.1, -0.05) is 6.42 Å². The number of hydrogen-bond acceptors (Lipinski definition) is 3. The SMILES string of the molecule is O=C(O)OC1CC2CCCC2N1. The zero-order chi connectivity index (χ0) is 8.55. The average molecular weight is 171 g/mol. The van der Waals surface area contributed by atoms with E-state index >= 15 is 0 Å². The molecule has 2 rings (SSSR count). The summed E-state index contributed by atoms with van der Waals surface area (Å²) in [5.74, 6) is 0.648. The van der Waals surface area contributed by atoms with Crippen LogP contribution in [0.4, 0.5) is 4.79 Å². The van der Waals surface area contributed by atoms with E-state index in [0.717, 1.165) is 6.42 Å². The number of carbonyl (C=O) groups is 1. The first kappa shape index (κ1) is 7.86. The molecule has 68 valence electrons. The Morgan fingerprint density at radius 1 is 1.50 bits per heavy atom. The third-order valence-corrected chi connectivity index (χ3v) is 2.82. The van der Waals surface area contributed by atoms with Crippen LogP contribution < -0.4 is 5.32 Å². The Morgan fingerprint density at radius 2 is 2.33 bits per heavy atom. The highest BCUT2D eigenvalue weighted by Gasteiger charge is 2.38. The van der Waals surface area contributed by atoms with Gasteiger partial charge in [0, 0.05) is 12.5 Å². The second kappa shape index (κ2) is 2.94. The average Bonchev–Trinajstić information content (AvgIpc) is 2.43. The van der Waals surface area contributed by atoms with Crippen LogP contribution in [0.1, 0.15) is 25.7 Å². The minimum Gasteiger partial charge on any atom is -0.450 e. The maximum atomic E-state index is 10.2. The maximum Gasteiger partial charge on any atom is 0.507 e. The van der Waals surface area contributed by atoms with Crippen molar-refractivity contribution in [2.24, 2.45) is 5.92 Å². The molecule has 2 aliphatic rings. The summed E-state index contributed by atoms with van der Waals surface area (Å²) in [7, 11) is 0. The van der Waals surface area contributed by atoms with E-state index in [0.29, 0.717) is 12.0 Å². The van der Waals surface area contributed by atoms with Crippen LogP contribution >= 0.6 is 0 Å². The van der Waals surface area contributed by atoms with E-state index in [9.17, 15) is 4.79 Å². The number of nitrogens with one attached hydrogen (secondary N) is 1. The molecular weight excluding hydrogens is 158 g/mol. The zero-order valence-corrected chi connectivity index (χ0v) is 6.82. The van der Waals surface area contributed by atoms with Gasteiger partial charge in [0.15, 0.2) is 6.23 Å². The van der Waals surface area contributed by atoms with E-state index in [1.54, 1.807) is 0 Å². The van der Waals surface area contributed by atoms with E-state index in [1.165, 1.54) is 19.3 Å². The van der Waals surface area contributed by atoms with Crippen molar-refractivity contribution >= 4 is 6.16 Å². The van der Waals surface area contributed by atoms with Crippen LogP contribution in [0.3, 0.4) is 0 Å². The summed E-state index contributed by atoms with van der Waals surface area (Å²) >= 11 is 0. The Bertz CT molecular complexity index is 183. The molecule has 2 N–H and O–H groups in total. The van der Waals surface area contributed by atoms with Gasteiger partial charge in [-0.15, -0.1) is 0 Å². The minimum atomic E-state index is -1.17. The molecule has 0 spiro atoms. The highest BCUT2D eigenvalue weighted by atomic mass is 16.7. The number of fused-ring (bicyclic) bond motifs is 1. The van der Waals surface area contributed by atoms with Gasteiger partial charge >= 0.3 is 6.16 Å².